The molecule has 2 amide bonds. The second-order valence-electron chi connectivity index (χ2n) is 6.80. The van der Waals surface area contributed by atoms with Gasteiger partial charge in [-0.15, -0.1) is 0 Å². The van der Waals surface area contributed by atoms with Gasteiger partial charge in [0.1, 0.15) is 0 Å². The van der Waals surface area contributed by atoms with Crippen molar-refractivity contribution in [2.45, 2.75) is 49.5 Å². The molecule has 136 valence electrons. The van der Waals surface area contributed by atoms with Gasteiger partial charge in [-0.05, 0) is 37.1 Å². The number of carbonyl (C=O) groups excluding carboxylic acids is 2. The lowest BCUT2D eigenvalue weighted by molar-refractivity contribution is -0.130. The van der Waals surface area contributed by atoms with Crippen LogP contribution in [0, 0.1) is 5.92 Å². The molecule has 1 aliphatic heterocycles. The lowest BCUT2D eigenvalue weighted by Gasteiger charge is -2.31. The number of carbonyl (C=O) groups is 2. The highest BCUT2D eigenvalue weighted by atomic mass is 32.2. The first-order valence-corrected chi connectivity index (χ1v) is 10.1. The second kappa shape index (κ2) is 7.13. The number of primary sulfonamides is 1. The summed E-state index contributed by atoms with van der Waals surface area (Å²) in [7, 11) is -3.75. The molecule has 0 spiro atoms. The number of hydrogen-bond donors (Lipinski definition) is 2. The van der Waals surface area contributed by atoms with Crippen molar-refractivity contribution in [1.29, 1.82) is 0 Å². The molecular weight excluding hydrogens is 342 g/mol. The van der Waals surface area contributed by atoms with E-state index in [0.717, 1.165) is 25.7 Å². The van der Waals surface area contributed by atoms with Crippen molar-refractivity contribution in [3.63, 3.8) is 0 Å². The number of nitrogens with one attached hydrogen (secondary N) is 1. The fourth-order valence-corrected chi connectivity index (χ4v) is 4.14. The van der Waals surface area contributed by atoms with E-state index in [4.69, 9.17) is 5.14 Å². The molecule has 1 aromatic carbocycles. The molecule has 0 bridgehead atoms. The number of likely N-dealkylation sites (tertiary alicyclic amines) is 1. The number of amides is 2. The molecule has 3 N–H and O–H groups in total. The minimum Gasteiger partial charge on any atom is -0.339 e. The lowest BCUT2D eigenvalue weighted by Crippen LogP contribution is -2.38. The zero-order chi connectivity index (χ0) is 18.0. The summed E-state index contributed by atoms with van der Waals surface area (Å²) in [5.41, 5.74) is 0.487. The Kier molecular flexibility index (Phi) is 5.10. The average Bonchev–Trinajstić information content (AvgIpc) is 2.97. The number of nitrogens with zero attached hydrogens (tertiary/aromatic N) is 1. The van der Waals surface area contributed by atoms with Crippen LogP contribution in [0.1, 0.15) is 38.5 Å². The summed E-state index contributed by atoms with van der Waals surface area (Å²) in [5.74, 6) is -0.529. The van der Waals surface area contributed by atoms with E-state index in [1.54, 1.807) is 0 Å². The highest BCUT2D eigenvalue weighted by Gasteiger charge is 2.38. The smallest absolute Gasteiger partial charge is 0.238 e. The topological polar surface area (TPSA) is 110 Å². The number of benzene rings is 1. The van der Waals surface area contributed by atoms with Gasteiger partial charge in [0, 0.05) is 24.7 Å². The molecular formula is C17H23N3O4S. The summed E-state index contributed by atoms with van der Waals surface area (Å²) >= 11 is 0. The third-order valence-corrected chi connectivity index (χ3v) is 5.92. The highest BCUT2D eigenvalue weighted by Crippen LogP contribution is 2.29. The molecule has 3 rings (SSSR count). The Hall–Kier alpha value is -1.93. The molecule has 1 aromatic rings. The Labute approximate surface area is 147 Å². The van der Waals surface area contributed by atoms with Crippen LogP contribution in [-0.2, 0) is 19.6 Å². The maximum absolute atomic E-state index is 12.4. The maximum Gasteiger partial charge on any atom is 0.238 e. The van der Waals surface area contributed by atoms with Gasteiger partial charge in [-0.3, -0.25) is 9.59 Å². The van der Waals surface area contributed by atoms with E-state index < -0.39 is 10.0 Å². The molecule has 1 atom stereocenters. The highest BCUT2D eigenvalue weighted by molar-refractivity contribution is 7.89. The van der Waals surface area contributed by atoms with Gasteiger partial charge in [0.2, 0.25) is 21.8 Å². The van der Waals surface area contributed by atoms with Crippen molar-refractivity contribution in [3.8, 4) is 0 Å². The third kappa shape index (κ3) is 4.19. The molecule has 8 heteroatoms. The van der Waals surface area contributed by atoms with E-state index in [0.29, 0.717) is 12.2 Å². The van der Waals surface area contributed by atoms with Crippen LogP contribution in [0.3, 0.4) is 0 Å². The van der Waals surface area contributed by atoms with Gasteiger partial charge in [-0.1, -0.05) is 19.3 Å². The van der Waals surface area contributed by atoms with Crippen LogP contribution in [0.15, 0.2) is 29.2 Å². The van der Waals surface area contributed by atoms with Crippen LogP contribution >= 0.6 is 0 Å². The van der Waals surface area contributed by atoms with Crippen molar-refractivity contribution in [1.82, 2.24) is 4.90 Å². The predicted molar refractivity (Wildman–Crippen MR) is 93.1 cm³/mol. The van der Waals surface area contributed by atoms with Crippen LogP contribution in [0.4, 0.5) is 5.69 Å². The van der Waals surface area contributed by atoms with Crippen molar-refractivity contribution < 1.29 is 18.0 Å². The van der Waals surface area contributed by atoms with Crippen LogP contribution in [0.5, 0.6) is 0 Å². The number of rotatable bonds is 4. The summed E-state index contributed by atoms with van der Waals surface area (Å²) in [6.07, 6.45) is 5.78. The minimum absolute atomic E-state index is 0.00924. The van der Waals surface area contributed by atoms with E-state index in [2.05, 4.69) is 5.32 Å². The van der Waals surface area contributed by atoms with Crippen LogP contribution < -0.4 is 10.5 Å². The van der Waals surface area contributed by atoms with Gasteiger partial charge in [0.25, 0.3) is 0 Å². The lowest BCUT2D eigenvalue weighted by atomic mass is 9.94. The first kappa shape index (κ1) is 17.9. The quantitative estimate of drug-likeness (QED) is 0.841. The van der Waals surface area contributed by atoms with Crippen LogP contribution in [0.2, 0.25) is 0 Å². The number of nitrogens with two attached hydrogens (primary N) is 1. The zero-order valence-electron chi connectivity index (χ0n) is 14.0. The fraction of sp³-hybridized carbons (Fsp3) is 0.529. The SMILES string of the molecule is NS(=O)(=O)c1ccc(NC(=O)C2CC(=O)N(C3CCCCC3)C2)cc1. The molecule has 0 aromatic heterocycles. The van der Waals surface area contributed by atoms with Gasteiger partial charge in [-0.2, -0.15) is 0 Å². The molecule has 0 radical (unpaired) electrons. The van der Waals surface area contributed by atoms with E-state index in [9.17, 15) is 18.0 Å². The van der Waals surface area contributed by atoms with Gasteiger partial charge in [0.15, 0.2) is 0 Å². The third-order valence-electron chi connectivity index (χ3n) is 5.00. The minimum atomic E-state index is -3.75. The van der Waals surface area contributed by atoms with E-state index in [-0.39, 0.29) is 35.1 Å². The molecule has 2 fully saturated rings. The van der Waals surface area contributed by atoms with E-state index >= 15 is 0 Å². The Bertz CT molecular complexity index is 755. The van der Waals surface area contributed by atoms with Crippen LogP contribution in [-0.4, -0.2) is 37.7 Å². The largest absolute Gasteiger partial charge is 0.339 e. The van der Waals surface area contributed by atoms with Crippen LogP contribution in [0.25, 0.3) is 0 Å². The Morgan fingerprint density at radius 2 is 1.76 bits per heavy atom. The summed E-state index contributed by atoms with van der Waals surface area (Å²) in [6.45, 7) is 0.463. The molecule has 1 heterocycles. The molecule has 1 saturated heterocycles. The van der Waals surface area contributed by atoms with Gasteiger partial charge in [-0.25, -0.2) is 13.6 Å². The number of sulfonamides is 1. The maximum atomic E-state index is 12.4. The normalized spacial score (nSPS) is 22.2. The van der Waals surface area contributed by atoms with Gasteiger partial charge in [0.05, 0.1) is 10.8 Å². The zero-order valence-corrected chi connectivity index (χ0v) is 14.8. The Balaban J connectivity index is 1.61. The Morgan fingerprint density at radius 3 is 2.36 bits per heavy atom. The average molecular weight is 365 g/mol. The molecule has 2 aliphatic rings. The number of anilines is 1. The molecule has 7 nitrogen and oxygen atoms in total. The van der Waals surface area contributed by atoms with Crippen molar-refractivity contribution in [2.75, 3.05) is 11.9 Å². The van der Waals surface area contributed by atoms with Gasteiger partial charge < -0.3 is 10.2 Å². The van der Waals surface area contributed by atoms with Gasteiger partial charge >= 0.3 is 0 Å². The molecule has 1 unspecified atom stereocenters. The first-order valence-electron chi connectivity index (χ1n) is 8.58. The monoisotopic (exact) mass is 365 g/mol. The van der Waals surface area contributed by atoms with E-state index in [1.807, 2.05) is 4.90 Å². The number of hydrogen-bond acceptors (Lipinski definition) is 4. The second-order valence-corrected chi connectivity index (χ2v) is 8.36. The summed E-state index contributed by atoms with van der Waals surface area (Å²) in [6, 6.07) is 5.95. The fourth-order valence-electron chi connectivity index (χ4n) is 3.63. The predicted octanol–water partition coefficient (Wildman–Crippen LogP) is 1.45. The first-order chi connectivity index (χ1) is 11.8. The summed E-state index contributed by atoms with van der Waals surface area (Å²) in [5, 5.41) is 7.80. The van der Waals surface area contributed by atoms with Crippen molar-refractivity contribution in [2.24, 2.45) is 11.1 Å². The summed E-state index contributed by atoms with van der Waals surface area (Å²) in [4.78, 5) is 26.6. The Morgan fingerprint density at radius 1 is 1.12 bits per heavy atom. The molecule has 1 aliphatic carbocycles. The molecule has 25 heavy (non-hydrogen) atoms. The van der Waals surface area contributed by atoms with Crippen molar-refractivity contribution >= 4 is 27.5 Å². The standard InChI is InChI=1S/C17H23N3O4S/c18-25(23,24)15-8-6-13(7-9-15)19-17(22)12-10-16(21)20(11-12)14-4-2-1-3-5-14/h6-9,12,14H,1-5,10-11H2,(H,19,22)(H2,18,23,24). The molecule has 1 saturated carbocycles. The van der Waals surface area contributed by atoms with Crippen molar-refractivity contribution in [3.05, 3.63) is 24.3 Å². The van der Waals surface area contributed by atoms with E-state index in [1.165, 1.54) is 30.7 Å². The summed E-state index contributed by atoms with van der Waals surface area (Å²) < 4.78 is 22.5.